The van der Waals surface area contributed by atoms with Crippen molar-refractivity contribution in [2.75, 3.05) is 17.1 Å². The molecule has 2 aromatic rings. The van der Waals surface area contributed by atoms with E-state index in [1.807, 2.05) is 6.92 Å². The van der Waals surface area contributed by atoms with Crippen LogP contribution in [0.5, 0.6) is 0 Å². The number of nitrogens with zero attached hydrogens (tertiary/aromatic N) is 2. The molecule has 11 heteroatoms. The molecule has 196 valence electrons. The van der Waals surface area contributed by atoms with E-state index in [9.17, 15) is 18.0 Å². The number of carbonyl (C=O) groups excluding carboxylic acids is 2. The highest BCUT2D eigenvalue weighted by atomic mass is 79.9. The van der Waals surface area contributed by atoms with Crippen LogP contribution >= 0.6 is 39.1 Å². The lowest BCUT2D eigenvalue weighted by molar-refractivity contribution is -0.140. The van der Waals surface area contributed by atoms with Crippen LogP contribution in [0.4, 0.5) is 5.69 Å². The molecule has 1 N–H and O–H groups in total. The predicted molar refractivity (Wildman–Crippen MR) is 148 cm³/mol. The largest absolute Gasteiger partial charge is 0.352 e. The van der Waals surface area contributed by atoms with Crippen LogP contribution < -0.4 is 9.62 Å². The fourth-order valence-corrected chi connectivity index (χ4v) is 5.78. The highest BCUT2D eigenvalue weighted by molar-refractivity contribution is 9.10. The topological polar surface area (TPSA) is 86.8 Å². The molecular formula is C25H30BrCl2N3O4S. The first-order chi connectivity index (χ1) is 17.0. The summed E-state index contributed by atoms with van der Waals surface area (Å²) in [5.74, 6) is -0.741. The second-order valence-corrected chi connectivity index (χ2v) is 12.6. The Kier molecular flexibility index (Phi) is 10.1. The van der Waals surface area contributed by atoms with Gasteiger partial charge in [0.2, 0.25) is 21.8 Å². The Morgan fingerprint density at radius 2 is 1.72 bits per heavy atom. The summed E-state index contributed by atoms with van der Waals surface area (Å²) in [6.07, 6.45) is 5.36. The molecule has 1 atom stereocenters. The van der Waals surface area contributed by atoms with Crippen molar-refractivity contribution in [3.63, 3.8) is 0 Å². The predicted octanol–water partition coefficient (Wildman–Crippen LogP) is 5.39. The van der Waals surface area contributed by atoms with E-state index in [1.165, 1.54) is 4.90 Å². The number of halogens is 3. The molecule has 0 aromatic heterocycles. The molecular weight excluding hydrogens is 589 g/mol. The van der Waals surface area contributed by atoms with Gasteiger partial charge in [-0.1, -0.05) is 65.0 Å². The van der Waals surface area contributed by atoms with Crippen molar-refractivity contribution in [1.29, 1.82) is 0 Å². The molecule has 36 heavy (non-hydrogen) atoms. The Hall–Kier alpha value is -1.81. The van der Waals surface area contributed by atoms with Gasteiger partial charge in [0.25, 0.3) is 0 Å². The molecule has 0 aliphatic heterocycles. The molecule has 1 aliphatic rings. The lowest BCUT2D eigenvalue weighted by Gasteiger charge is -2.33. The molecule has 1 fully saturated rings. The van der Waals surface area contributed by atoms with Gasteiger partial charge < -0.3 is 10.2 Å². The van der Waals surface area contributed by atoms with Crippen molar-refractivity contribution in [1.82, 2.24) is 10.2 Å². The summed E-state index contributed by atoms with van der Waals surface area (Å²) < 4.78 is 27.1. The molecule has 1 saturated carbocycles. The number of carbonyl (C=O) groups is 2. The molecule has 0 spiro atoms. The van der Waals surface area contributed by atoms with Crippen LogP contribution in [0.15, 0.2) is 46.9 Å². The smallest absolute Gasteiger partial charge is 0.244 e. The quantitative estimate of drug-likeness (QED) is 0.387. The minimum absolute atomic E-state index is 0.0737. The molecule has 2 amide bonds. The third-order valence-corrected chi connectivity index (χ3v) is 8.63. The van der Waals surface area contributed by atoms with Gasteiger partial charge in [0, 0.05) is 17.1 Å². The van der Waals surface area contributed by atoms with E-state index in [1.54, 1.807) is 42.5 Å². The number of anilines is 1. The first-order valence-electron chi connectivity index (χ1n) is 11.8. The number of hydrogen-bond acceptors (Lipinski definition) is 4. The number of hydrogen-bond donors (Lipinski definition) is 1. The normalized spacial score (nSPS) is 14.9. The van der Waals surface area contributed by atoms with Crippen LogP contribution in [0.2, 0.25) is 10.0 Å². The van der Waals surface area contributed by atoms with E-state index in [2.05, 4.69) is 21.2 Å². The highest BCUT2D eigenvalue weighted by Gasteiger charge is 2.33. The monoisotopic (exact) mass is 617 g/mol. The Morgan fingerprint density at radius 1 is 1.08 bits per heavy atom. The molecule has 1 aliphatic carbocycles. The number of rotatable bonds is 10. The molecule has 0 heterocycles. The molecule has 3 rings (SSSR count). The van der Waals surface area contributed by atoms with Gasteiger partial charge in [-0.3, -0.25) is 13.9 Å². The van der Waals surface area contributed by atoms with Gasteiger partial charge in [-0.15, -0.1) is 0 Å². The fourth-order valence-electron chi connectivity index (χ4n) is 4.34. The summed E-state index contributed by atoms with van der Waals surface area (Å²) in [5, 5.41) is 3.78. The molecule has 1 unspecified atom stereocenters. The van der Waals surface area contributed by atoms with Crippen LogP contribution in [0.25, 0.3) is 0 Å². The lowest BCUT2D eigenvalue weighted by atomic mass is 10.1. The van der Waals surface area contributed by atoms with E-state index >= 15 is 0 Å². The summed E-state index contributed by atoms with van der Waals surface area (Å²) in [6.45, 7) is 1.45. The third kappa shape index (κ3) is 7.60. The SMILES string of the molecule is CCC(C(=O)NC1CCCC1)N(Cc1ccc(Cl)c(Cl)c1)C(=O)CN(c1ccc(Br)cc1)S(C)(=O)=O. The van der Waals surface area contributed by atoms with Crippen LogP contribution in [0.1, 0.15) is 44.6 Å². The lowest BCUT2D eigenvalue weighted by Crippen LogP contribution is -2.53. The van der Waals surface area contributed by atoms with Crippen molar-refractivity contribution >= 4 is 66.7 Å². The molecule has 0 saturated heterocycles. The third-order valence-electron chi connectivity index (χ3n) is 6.22. The van der Waals surface area contributed by atoms with Crippen molar-refractivity contribution in [2.45, 2.75) is 57.7 Å². The molecule has 0 radical (unpaired) electrons. The van der Waals surface area contributed by atoms with E-state index in [4.69, 9.17) is 23.2 Å². The van der Waals surface area contributed by atoms with Crippen LogP contribution in [0, 0.1) is 0 Å². The first-order valence-corrected chi connectivity index (χ1v) is 15.2. The van der Waals surface area contributed by atoms with Gasteiger partial charge >= 0.3 is 0 Å². The Balaban J connectivity index is 1.93. The average molecular weight is 619 g/mol. The van der Waals surface area contributed by atoms with Crippen molar-refractivity contribution in [3.8, 4) is 0 Å². The van der Waals surface area contributed by atoms with Crippen molar-refractivity contribution in [3.05, 3.63) is 62.5 Å². The fraction of sp³-hybridized carbons (Fsp3) is 0.440. The maximum absolute atomic E-state index is 13.7. The highest BCUT2D eigenvalue weighted by Crippen LogP contribution is 2.26. The van der Waals surface area contributed by atoms with Gasteiger partial charge in [0.05, 0.1) is 22.0 Å². The van der Waals surface area contributed by atoms with Gasteiger partial charge in [0.15, 0.2) is 0 Å². The van der Waals surface area contributed by atoms with Crippen molar-refractivity contribution in [2.24, 2.45) is 0 Å². The standard InChI is InChI=1S/C25H30BrCl2N3O4S/c1-3-23(25(33)29-19-6-4-5-7-19)30(15-17-8-13-21(27)22(28)14-17)24(32)16-31(36(2,34)35)20-11-9-18(26)10-12-20/h8-14,19,23H,3-7,15-16H2,1-2H3,(H,29,33). The van der Waals surface area contributed by atoms with E-state index in [0.717, 1.165) is 40.7 Å². The second-order valence-electron chi connectivity index (χ2n) is 8.93. The zero-order chi connectivity index (χ0) is 26.5. The molecule has 7 nitrogen and oxygen atoms in total. The minimum Gasteiger partial charge on any atom is -0.352 e. The van der Waals surface area contributed by atoms with Gasteiger partial charge in [0.1, 0.15) is 12.6 Å². The summed E-state index contributed by atoms with van der Waals surface area (Å²) >= 11 is 15.6. The average Bonchev–Trinajstić information content (AvgIpc) is 3.32. The van der Waals surface area contributed by atoms with Crippen LogP contribution in [-0.4, -0.2) is 50.0 Å². The van der Waals surface area contributed by atoms with Gasteiger partial charge in [-0.25, -0.2) is 8.42 Å². The van der Waals surface area contributed by atoms with E-state index < -0.39 is 28.5 Å². The Morgan fingerprint density at radius 3 is 2.28 bits per heavy atom. The zero-order valence-electron chi connectivity index (χ0n) is 20.2. The summed E-state index contributed by atoms with van der Waals surface area (Å²) in [5.41, 5.74) is 1.03. The van der Waals surface area contributed by atoms with Gasteiger partial charge in [-0.05, 0) is 61.2 Å². The number of nitrogens with one attached hydrogen (secondary N) is 1. The van der Waals surface area contributed by atoms with E-state index in [-0.39, 0.29) is 18.5 Å². The zero-order valence-corrected chi connectivity index (χ0v) is 24.1. The van der Waals surface area contributed by atoms with E-state index in [0.29, 0.717) is 27.7 Å². The molecule has 0 bridgehead atoms. The number of benzene rings is 2. The second kappa shape index (κ2) is 12.6. The number of sulfonamides is 1. The maximum atomic E-state index is 13.7. The van der Waals surface area contributed by atoms with Crippen LogP contribution in [-0.2, 0) is 26.2 Å². The minimum atomic E-state index is -3.78. The Labute approximate surface area is 231 Å². The van der Waals surface area contributed by atoms with Gasteiger partial charge in [-0.2, -0.15) is 0 Å². The number of amides is 2. The first kappa shape index (κ1) is 28.8. The maximum Gasteiger partial charge on any atom is 0.244 e. The summed E-state index contributed by atoms with van der Waals surface area (Å²) in [7, 11) is -3.78. The summed E-state index contributed by atoms with van der Waals surface area (Å²) in [4.78, 5) is 28.4. The molecule has 2 aromatic carbocycles. The van der Waals surface area contributed by atoms with Crippen molar-refractivity contribution < 1.29 is 18.0 Å². The Bertz CT molecular complexity index is 1190. The van der Waals surface area contributed by atoms with Crippen LogP contribution in [0.3, 0.4) is 0 Å². The summed E-state index contributed by atoms with van der Waals surface area (Å²) in [6, 6.07) is 11.0.